The summed E-state index contributed by atoms with van der Waals surface area (Å²) in [5.41, 5.74) is 10.9. The third-order valence-corrected chi connectivity index (χ3v) is 6.89. The summed E-state index contributed by atoms with van der Waals surface area (Å²) in [6.07, 6.45) is 0.0927. The first-order valence-electron chi connectivity index (χ1n) is 14.2. The van der Waals surface area contributed by atoms with Gasteiger partial charge in [0.1, 0.15) is 24.8 Å². The predicted molar refractivity (Wildman–Crippen MR) is 163 cm³/mol. The monoisotopic (exact) mass is 678 g/mol. The van der Waals surface area contributed by atoms with Gasteiger partial charge in [0.2, 0.25) is 11.8 Å². The van der Waals surface area contributed by atoms with Crippen molar-refractivity contribution in [2.24, 2.45) is 11.5 Å². The average Bonchev–Trinajstić information content (AvgIpc) is 3.00. The van der Waals surface area contributed by atoms with Gasteiger partial charge in [-0.1, -0.05) is 23.2 Å². The number of nitro benzene ring substituents is 1. The van der Waals surface area contributed by atoms with Crippen LogP contribution in [0.4, 0.5) is 5.69 Å². The summed E-state index contributed by atoms with van der Waals surface area (Å²) in [5.74, 6) is -4.39. The molecule has 1 aromatic rings. The van der Waals surface area contributed by atoms with E-state index >= 15 is 0 Å². The Balaban J connectivity index is 2.81. The Morgan fingerprint density at radius 1 is 0.867 bits per heavy atom. The number of benzene rings is 1. The maximum absolute atomic E-state index is 12.9. The van der Waals surface area contributed by atoms with Gasteiger partial charge < -0.3 is 42.4 Å². The third-order valence-electron chi connectivity index (χ3n) is 6.49. The molecule has 4 atom stereocenters. The molecule has 3 amide bonds. The van der Waals surface area contributed by atoms with Gasteiger partial charge in [0.05, 0.1) is 17.4 Å². The van der Waals surface area contributed by atoms with Crippen LogP contribution in [0.1, 0.15) is 63.0 Å². The molecule has 0 heterocycles. The van der Waals surface area contributed by atoms with Crippen LogP contribution in [0.15, 0.2) is 24.3 Å². The van der Waals surface area contributed by atoms with Crippen LogP contribution in [-0.2, 0) is 28.7 Å². The number of hydrogen-bond donors (Lipinski definition) is 7. The van der Waals surface area contributed by atoms with E-state index in [9.17, 15) is 44.3 Å². The van der Waals surface area contributed by atoms with Crippen molar-refractivity contribution in [3.63, 3.8) is 0 Å². The van der Waals surface area contributed by atoms with E-state index in [1.165, 1.54) is 12.1 Å². The van der Waals surface area contributed by atoms with Crippen LogP contribution in [0.3, 0.4) is 0 Å². The van der Waals surface area contributed by atoms with Gasteiger partial charge in [0.15, 0.2) is 4.84 Å². The van der Waals surface area contributed by atoms with Gasteiger partial charge >= 0.3 is 11.9 Å². The smallest absolute Gasteiger partial charge is 0.326 e. The van der Waals surface area contributed by atoms with Crippen molar-refractivity contribution in [2.75, 3.05) is 19.7 Å². The number of hydrogen-bond acceptors (Lipinski definition) is 11. The second-order valence-corrected chi connectivity index (χ2v) is 11.1. The summed E-state index contributed by atoms with van der Waals surface area (Å²) in [4.78, 5) is 70.3. The van der Waals surface area contributed by atoms with Crippen molar-refractivity contribution in [3.05, 3.63) is 39.9 Å². The van der Waals surface area contributed by atoms with E-state index in [4.69, 9.17) is 39.4 Å². The number of carbonyl (C=O) groups excluding carboxylic acids is 4. The summed E-state index contributed by atoms with van der Waals surface area (Å²) in [6, 6.07) is 1.28. The molecule has 0 saturated carbocycles. The van der Waals surface area contributed by atoms with Crippen molar-refractivity contribution in [2.45, 2.75) is 80.4 Å². The van der Waals surface area contributed by atoms with Gasteiger partial charge in [-0.05, 0) is 69.3 Å². The SMILES string of the molecule is NCCCC[C@@H](NC(=O)[C@@H](CCCCN)NC(=O)CCC(=O)OC[C@@H](NC(=O)C(Cl)Cl)[C@H](O)c1ccc([N+](=O)[O-])cc1)C(=O)O. The quantitative estimate of drug-likeness (QED) is 0.0291. The predicted octanol–water partition coefficient (Wildman–Crippen LogP) is 0.552. The number of carbonyl (C=O) groups is 5. The maximum atomic E-state index is 12.9. The second kappa shape index (κ2) is 21.2. The summed E-state index contributed by atoms with van der Waals surface area (Å²) in [6.45, 7) is 0.148. The Morgan fingerprint density at radius 2 is 1.44 bits per heavy atom. The number of halogens is 2. The molecular formula is C27H40Cl2N6O10. The normalized spacial score (nSPS) is 13.6. The molecule has 16 nitrogen and oxygen atoms in total. The number of aliphatic hydroxyl groups excluding tert-OH is 1. The lowest BCUT2D eigenvalue weighted by molar-refractivity contribution is -0.384. The number of non-ortho nitro benzene ring substituents is 1. The Bertz CT molecular complexity index is 1140. The number of nitrogens with two attached hydrogens (primary N) is 2. The number of nitrogens with zero attached hydrogens (tertiary/aromatic N) is 1. The van der Waals surface area contributed by atoms with Gasteiger partial charge in [0, 0.05) is 18.6 Å². The number of aliphatic hydroxyl groups is 1. The zero-order valence-electron chi connectivity index (χ0n) is 24.5. The molecule has 0 aliphatic rings. The van der Waals surface area contributed by atoms with Gasteiger partial charge in [-0.2, -0.15) is 0 Å². The lowest BCUT2D eigenvalue weighted by Crippen LogP contribution is -2.51. The lowest BCUT2D eigenvalue weighted by atomic mass is 10.0. The minimum atomic E-state index is -1.51. The van der Waals surface area contributed by atoms with E-state index in [0.29, 0.717) is 38.8 Å². The molecule has 0 fully saturated rings. The molecular weight excluding hydrogens is 639 g/mol. The van der Waals surface area contributed by atoms with Gasteiger partial charge in [-0.3, -0.25) is 29.3 Å². The van der Waals surface area contributed by atoms with E-state index < -0.39 is 83.1 Å². The molecule has 0 saturated heterocycles. The molecule has 1 rings (SSSR count). The average molecular weight is 680 g/mol. The molecule has 0 aliphatic heterocycles. The number of alkyl halides is 2. The highest BCUT2D eigenvalue weighted by molar-refractivity contribution is 6.53. The van der Waals surface area contributed by atoms with Crippen LogP contribution in [0.25, 0.3) is 0 Å². The first-order valence-corrected chi connectivity index (χ1v) is 15.1. The van der Waals surface area contributed by atoms with Gasteiger partial charge in [-0.25, -0.2) is 4.79 Å². The largest absolute Gasteiger partial charge is 0.480 e. The highest BCUT2D eigenvalue weighted by Crippen LogP contribution is 2.21. The number of rotatable bonds is 22. The van der Waals surface area contributed by atoms with Gasteiger partial charge in [-0.15, -0.1) is 0 Å². The lowest BCUT2D eigenvalue weighted by Gasteiger charge is -2.24. The highest BCUT2D eigenvalue weighted by atomic mass is 35.5. The van der Waals surface area contributed by atoms with Crippen molar-refractivity contribution in [1.82, 2.24) is 16.0 Å². The summed E-state index contributed by atoms with van der Waals surface area (Å²) in [5, 5.41) is 38.4. The molecule has 0 aromatic heterocycles. The number of amides is 3. The molecule has 0 bridgehead atoms. The molecule has 0 spiro atoms. The number of unbranched alkanes of at least 4 members (excludes halogenated alkanes) is 2. The molecule has 252 valence electrons. The van der Waals surface area contributed by atoms with Crippen molar-refractivity contribution in [3.8, 4) is 0 Å². The zero-order chi connectivity index (χ0) is 33.9. The first-order chi connectivity index (χ1) is 21.3. The van der Waals surface area contributed by atoms with Crippen molar-refractivity contribution < 1.29 is 43.8 Å². The van der Waals surface area contributed by atoms with E-state index in [1.807, 2.05) is 0 Å². The molecule has 45 heavy (non-hydrogen) atoms. The molecule has 0 aliphatic carbocycles. The number of esters is 1. The number of aliphatic carboxylic acids is 1. The number of carboxylic acids is 1. The minimum Gasteiger partial charge on any atom is -0.480 e. The van der Waals surface area contributed by atoms with Crippen molar-refractivity contribution >= 4 is 58.5 Å². The summed E-state index contributed by atoms with van der Waals surface area (Å²) in [7, 11) is 0. The number of nitrogens with one attached hydrogen (secondary N) is 3. The molecule has 0 radical (unpaired) electrons. The van der Waals surface area contributed by atoms with Crippen LogP contribution in [0, 0.1) is 10.1 Å². The Labute approximate surface area is 269 Å². The van der Waals surface area contributed by atoms with E-state index in [1.54, 1.807) is 0 Å². The topological polar surface area (TPSA) is 266 Å². The van der Waals surface area contributed by atoms with E-state index in [2.05, 4.69) is 16.0 Å². The summed E-state index contributed by atoms with van der Waals surface area (Å²) >= 11 is 11.2. The number of carboxylic acid groups (broad SMARTS) is 1. The Hall–Kier alpha value is -3.57. The summed E-state index contributed by atoms with van der Waals surface area (Å²) < 4.78 is 5.14. The van der Waals surface area contributed by atoms with Gasteiger partial charge in [0.25, 0.3) is 11.6 Å². The first kappa shape index (κ1) is 39.5. The third kappa shape index (κ3) is 15.3. The Kier molecular flexibility index (Phi) is 18.6. The van der Waals surface area contributed by atoms with E-state index in [0.717, 1.165) is 12.1 Å². The second-order valence-electron chi connectivity index (χ2n) is 9.98. The molecule has 0 unspecified atom stereocenters. The molecule has 1 aromatic carbocycles. The highest BCUT2D eigenvalue weighted by Gasteiger charge is 2.28. The fourth-order valence-electron chi connectivity index (χ4n) is 4.00. The van der Waals surface area contributed by atoms with E-state index in [-0.39, 0.29) is 24.1 Å². The van der Waals surface area contributed by atoms with Crippen LogP contribution < -0.4 is 27.4 Å². The van der Waals surface area contributed by atoms with Crippen LogP contribution >= 0.6 is 23.2 Å². The van der Waals surface area contributed by atoms with Crippen LogP contribution in [0.5, 0.6) is 0 Å². The van der Waals surface area contributed by atoms with Crippen LogP contribution in [-0.4, -0.2) is 87.5 Å². The molecule has 18 heteroatoms. The fraction of sp³-hybridized carbons (Fsp3) is 0.593. The number of nitro groups is 1. The van der Waals surface area contributed by atoms with Crippen molar-refractivity contribution in [1.29, 1.82) is 0 Å². The number of ether oxygens (including phenoxy) is 1. The standard InChI is InChI=1S/C27H40Cl2N6O10/c28-24(29)26(40)34-20(23(38)16-7-9-17(10-8-16)35(43)44)15-45-22(37)12-11-21(36)32-18(5-1-3-13-30)25(39)33-19(27(41)42)6-2-4-14-31/h7-10,18-20,23-24,38H,1-6,11-15,30-31H2,(H,32,36)(H,33,39)(H,34,40)(H,41,42)/t18-,19-,20-,23-/m1/s1. The minimum absolute atomic E-state index is 0.157. The zero-order valence-corrected chi connectivity index (χ0v) is 26.0. The van der Waals surface area contributed by atoms with Crippen LogP contribution in [0.2, 0.25) is 0 Å². The Morgan fingerprint density at radius 3 is 1.96 bits per heavy atom. The molecule has 9 N–H and O–H groups in total. The maximum Gasteiger partial charge on any atom is 0.326 e. The fourth-order valence-corrected chi connectivity index (χ4v) is 4.13.